The molecule has 6 nitrogen and oxygen atoms in total. The maximum atomic E-state index is 4.65. The largest absolute Gasteiger partial charge is 0.266 e. The van der Waals surface area contributed by atoms with E-state index in [0.29, 0.717) is 5.92 Å². The third-order valence-corrected chi connectivity index (χ3v) is 3.87. The lowest BCUT2D eigenvalue weighted by atomic mass is 10.2. The quantitative estimate of drug-likeness (QED) is 0.713. The highest BCUT2D eigenvalue weighted by Gasteiger charge is 2.27. The average molecular weight is 268 g/mol. The molecule has 3 heterocycles. The Bertz CT molecular complexity index is 809. The maximum Gasteiger partial charge on any atom is 0.180 e. The predicted molar refractivity (Wildman–Crippen MR) is 74.4 cm³/mol. The van der Waals surface area contributed by atoms with Crippen molar-refractivity contribution in [1.82, 2.24) is 29.6 Å². The van der Waals surface area contributed by atoms with Crippen LogP contribution in [-0.4, -0.2) is 29.6 Å². The highest BCUT2D eigenvalue weighted by atomic mass is 15.4. The van der Waals surface area contributed by atoms with Crippen LogP contribution in [0.5, 0.6) is 0 Å². The van der Waals surface area contributed by atoms with Crippen LogP contribution in [0.1, 0.15) is 35.8 Å². The molecule has 0 atom stereocenters. The topological polar surface area (TPSA) is 60.9 Å². The van der Waals surface area contributed by atoms with Crippen molar-refractivity contribution in [2.75, 3.05) is 0 Å². The van der Waals surface area contributed by atoms with E-state index >= 15 is 0 Å². The Kier molecular flexibility index (Phi) is 2.24. The highest BCUT2D eigenvalue weighted by molar-refractivity contribution is 5.60. The summed E-state index contributed by atoms with van der Waals surface area (Å²) in [6, 6.07) is 4.21. The Morgan fingerprint density at radius 2 is 1.90 bits per heavy atom. The molecular formula is C14H16N6. The number of hydrogen-bond donors (Lipinski definition) is 0. The number of hydrogen-bond acceptors (Lipinski definition) is 4. The fourth-order valence-electron chi connectivity index (χ4n) is 2.56. The van der Waals surface area contributed by atoms with E-state index in [4.69, 9.17) is 0 Å². The number of fused-ring (bicyclic) bond motifs is 1. The van der Waals surface area contributed by atoms with Gasteiger partial charge in [0, 0.05) is 13.0 Å². The van der Waals surface area contributed by atoms with Gasteiger partial charge in [-0.3, -0.25) is 4.68 Å². The molecule has 0 amide bonds. The van der Waals surface area contributed by atoms with Crippen LogP contribution in [0.3, 0.4) is 0 Å². The van der Waals surface area contributed by atoms with Gasteiger partial charge < -0.3 is 0 Å². The standard InChI is InChI=1S/C14H16N6/c1-8-6-12(18-20-9(2)15-16-14(8)20)13-7-11(10-4-5-10)17-19(13)3/h6-7,10H,4-5H2,1-3H3. The molecule has 1 aliphatic rings. The fourth-order valence-corrected chi connectivity index (χ4v) is 2.56. The van der Waals surface area contributed by atoms with Crippen molar-refractivity contribution in [1.29, 1.82) is 0 Å². The molecule has 0 aromatic carbocycles. The first-order chi connectivity index (χ1) is 9.63. The zero-order valence-electron chi connectivity index (χ0n) is 11.8. The van der Waals surface area contributed by atoms with Crippen LogP contribution >= 0.6 is 0 Å². The molecule has 102 valence electrons. The van der Waals surface area contributed by atoms with Gasteiger partial charge in [-0.25, -0.2) is 0 Å². The minimum Gasteiger partial charge on any atom is -0.266 e. The summed E-state index contributed by atoms with van der Waals surface area (Å²) in [5, 5.41) is 17.5. The lowest BCUT2D eigenvalue weighted by molar-refractivity contribution is 0.744. The molecule has 6 heteroatoms. The molecule has 0 radical (unpaired) electrons. The Hall–Kier alpha value is -2.24. The molecule has 0 N–H and O–H groups in total. The van der Waals surface area contributed by atoms with Crippen molar-refractivity contribution in [3.63, 3.8) is 0 Å². The van der Waals surface area contributed by atoms with Gasteiger partial charge in [-0.15, -0.1) is 10.2 Å². The highest BCUT2D eigenvalue weighted by Crippen LogP contribution is 2.40. The number of nitrogens with zero attached hydrogens (tertiary/aromatic N) is 6. The van der Waals surface area contributed by atoms with Crippen LogP contribution in [0, 0.1) is 13.8 Å². The van der Waals surface area contributed by atoms with Crippen molar-refractivity contribution in [2.24, 2.45) is 7.05 Å². The first-order valence-corrected chi connectivity index (χ1v) is 6.87. The van der Waals surface area contributed by atoms with Crippen molar-refractivity contribution < 1.29 is 0 Å². The first-order valence-electron chi connectivity index (χ1n) is 6.87. The Labute approximate surface area is 116 Å². The molecule has 0 unspecified atom stereocenters. The predicted octanol–water partition coefficient (Wildman–Crippen LogP) is 2.02. The molecular weight excluding hydrogens is 252 g/mol. The smallest absolute Gasteiger partial charge is 0.180 e. The van der Waals surface area contributed by atoms with E-state index in [1.165, 1.54) is 18.5 Å². The van der Waals surface area contributed by atoms with Crippen LogP contribution in [0.25, 0.3) is 17.0 Å². The van der Waals surface area contributed by atoms with Gasteiger partial charge in [0.05, 0.1) is 11.4 Å². The van der Waals surface area contributed by atoms with Gasteiger partial charge in [-0.1, -0.05) is 0 Å². The molecule has 1 fully saturated rings. The molecule has 0 spiro atoms. The fraction of sp³-hybridized carbons (Fsp3) is 0.429. The SMILES string of the molecule is Cc1cc(-c2cc(C3CC3)nn2C)nn2c(C)nnc12. The van der Waals surface area contributed by atoms with E-state index < -0.39 is 0 Å². The minimum absolute atomic E-state index is 0.649. The summed E-state index contributed by atoms with van der Waals surface area (Å²) in [4.78, 5) is 0. The van der Waals surface area contributed by atoms with Crippen LogP contribution in [-0.2, 0) is 7.05 Å². The van der Waals surface area contributed by atoms with Gasteiger partial charge in [0.15, 0.2) is 11.5 Å². The molecule has 3 aromatic rings. The van der Waals surface area contributed by atoms with E-state index in [1.807, 2.05) is 25.6 Å². The van der Waals surface area contributed by atoms with E-state index in [1.54, 1.807) is 4.52 Å². The Morgan fingerprint density at radius 3 is 2.65 bits per heavy atom. The lowest BCUT2D eigenvalue weighted by Gasteiger charge is -2.04. The van der Waals surface area contributed by atoms with Crippen LogP contribution in [0.4, 0.5) is 0 Å². The molecule has 1 saturated carbocycles. The summed E-state index contributed by atoms with van der Waals surface area (Å²) in [7, 11) is 1.97. The van der Waals surface area contributed by atoms with Crippen LogP contribution in [0.15, 0.2) is 12.1 Å². The third-order valence-electron chi connectivity index (χ3n) is 3.87. The Morgan fingerprint density at radius 1 is 1.10 bits per heavy atom. The van der Waals surface area contributed by atoms with E-state index in [9.17, 15) is 0 Å². The van der Waals surface area contributed by atoms with Gasteiger partial charge in [0.1, 0.15) is 5.69 Å². The second kappa shape index (κ2) is 3.88. The molecule has 0 saturated heterocycles. The number of aryl methyl sites for hydroxylation is 3. The van der Waals surface area contributed by atoms with Crippen molar-refractivity contribution in [3.05, 3.63) is 29.2 Å². The van der Waals surface area contributed by atoms with E-state index in [-0.39, 0.29) is 0 Å². The van der Waals surface area contributed by atoms with Gasteiger partial charge in [0.25, 0.3) is 0 Å². The minimum atomic E-state index is 0.649. The van der Waals surface area contributed by atoms with Crippen molar-refractivity contribution in [2.45, 2.75) is 32.6 Å². The van der Waals surface area contributed by atoms with Crippen molar-refractivity contribution >= 4 is 5.65 Å². The second-order valence-electron chi connectivity index (χ2n) is 5.55. The lowest BCUT2D eigenvalue weighted by Crippen LogP contribution is -2.02. The Balaban J connectivity index is 1.90. The zero-order valence-corrected chi connectivity index (χ0v) is 11.8. The average Bonchev–Trinajstić information content (AvgIpc) is 3.10. The van der Waals surface area contributed by atoms with E-state index in [2.05, 4.69) is 32.5 Å². The molecule has 4 rings (SSSR count). The van der Waals surface area contributed by atoms with Gasteiger partial charge in [-0.2, -0.15) is 14.7 Å². The van der Waals surface area contributed by atoms with Gasteiger partial charge in [0.2, 0.25) is 0 Å². The molecule has 3 aromatic heterocycles. The molecule has 0 aliphatic heterocycles. The third kappa shape index (κ3) is 1.64. The summed E-state index contributed by atoms with van der Waals surface area (Å²) in [6.45, 7) is 3.95. The van der Waals surface area contributed by atoms with E-state index in [0.717, 1.165) is 28.4 Å². The first kappa shape index (κ1) is 11.6. The summed E-state index contributed by atoms with van der Waals surface area (Å²) in [6.07, 6.45) is 2.51. The normalized spacial score (nSPS) is 15.2. The molecule has 20 heavy (non-hydrogen) atoms. The van der Waals surface area contributed by atoms with Gasteiger partial charge >= 0.3 is 0 Å². The monoisotopic (exact) mass is 268 g/mol. The number of aromatic nitrogens is 6. The number of rotatable bonds is 2. The van der Waals surface area contributed by atoms with Crippen molar-refractivity contribution in [3.8, 4) is 11.4 Å². The maximum absolute atomic E-state index is 4.65. The summed E-state index contributed by atoms with van der Waals surface area (Å²) < 4.78 is 3.72. The molecule has 1 aliphatic carbocycles. The van der Waals surface area contributed by atoms with Crippen LogP contribution in [0.2, 0.25) is 0 Å². The van der Waals surface area contributed by atoms with Gasteiger partial charge in [-0.05, 0) is 44.4 Å². The summed E-state index contributed by atoms with van der Waals surface area (Å²) in [5.74, 6) is 1.45. The summed E-state index contributed by atoms with van der Waals surface area (Å²) in [5.41, 5.74) is 5.04. The van der Waals surface area contributed by atoms with Crippen LogP contribution < -0.4 is 0 Å². The zero-order chi connectivity index (χ0) is 13.9. The molecule has 0 bridgehead atoms. The second-order valence-corrected chi connectivity index (χ2v) is 5.55. The summed E-state index contributed by atoms with van der Waals surface area (Å²) >= 11 is 0.